The molecule has 1 aliphatic carbocycles. The van der Waals surface area contributed by atoms with E-state index < -0.39 is 0 Å². The van der Waals surface area contributed by atoms with Crippen LogP contribution in [0.4, 0.5) is 5.95 Å². The summed E-state index contributed by atoms with van der Waals surface area (Å²) in [6, 6.07) is 8.64. The van der Waals surface area contributed by atoms with E-state index in [1.165, 1.54) is 11.1 Å². The van der Waals surface area contributed by atoms with Crippen molar-refractivity contribution >= 4 is 24.6 Å². The topological polar surface area (TPSA) is 55.3 Å². The lowest BCUT2D eigenvalue weighted by molar-refractivity contribution is -0.111. The molecule has 0 unspecified atom stereocenters. The number of ether oxygens (including phenoxy) is 1. The van der Waals surface area contributed by atoms with Crippen LogP contribution in [0, 0.1) is 11.8 Å². The van der Waals surface area contributed by atoms with Gasteiger partial charge in [-0.05, 0) is 80.0 Å². The molecule has 168 valence electrons. The van der Waals surface area contributed by atoms with Gasteiger partial charge in [0.25, 0.3) is 0 Å². The van der Waals surface area contributed by atoms with E-state index in [9.17, 15) is 4.79 Å². The van der Waals surface area contributed by atoms with Gasteiger partial charge < -0.3 is 14.4 Å². The molecule has 5 nitrogen and oxygen atoms in total. The number of aromatic nitrogens is 2. The van der Waals surface area contributed by atoms with Crippen LogP contribution >= 0.6 is 12.4 Å². The fraction of sp³-hybridized carbons (Fsp3) is 0.560. The van der Waals surface area contributed by atoms with Gasteiger partial charge in [0.2, 0.25) is 5.95 Å². The van der Waals surface area contributed by atoms with Gasteiger partial charge in [-0.3, -0.25) is 0 Å². The molecule has 1 aliphatic heterocycles. The third kappa shape index (κ3) is 6.19. The van der Waals surface area contributed by atoms with Crippen molar-refractivity contribution in [1.29, 1.82) is 0 Å². The van der Waals surface area contributed by atoms with E-state index >= 15 is 0 Å². The number of anilines is 1. The molecule has 6 heteroatoms. The van der Waals surface area contributed by atoms with E-state index in [1.807, 2.05) is 12.4 Å². The summed E-state index contributed by atoms with van der Waals surface area (Å²) < 4.78 is 6.10. The maximum absolute atomic E-state index is 10.9. The Kier molecular flexibility index (Phi) is 8.70. The predicted octanol–water partition coefficient (Wildman–Crippen LogP) is 5.23. The molecule has 2 fully saturated rings. The van der Waals surface area contributed by atoms with Gasteiger partial charge in [0.1, 0.15) is 12.0 Å². The van der Waals surface area contributed by atoms with Crippen LogP contribution in [0.2, 0.25) is 0 Å². The van der Waals surface area contributed by atoms with Gasteiger partial charge in [-0.2, -0.15) is 0 Å². The van der Waals surface area contributed by atoms with Gasteiger partial charge in [0.15, 0.2) is 0 Å². The molecule has 1 saturated heterocycles. The first-order chi connectivity index (χ1) is 14.7. The standard InChI is InChI=1S/C25H33N3O2.ClH/c1-2-19-15-26-25(27-16-19)28-13-11-21(12-14-28)18-30-24-9-7-23(8-10-24)22-5-3-20(17-29)4-6-22;/h7-10,15-17,20-22H,2-6,11-14,18H2,1H3;1H. The zero-order valence-corrected chi connectivity index (χ0v) is 19.2. The highest BCUT2D eigenvalue weighted by Crippen LogP contribution is 2.35. The second-order valence-electron chi connectivity index (χ2n) is 8.80. The fourth-order valence-corrected chi connectivity index (χ4v) is 4.63. The molecule has 0 radical (unpaired) electrons. The maximum Gasteiger partial charge on any atom is 0.225 e. The Morgan fingerprint density at radius 2 is 1.65 bits per heavy atom. The number of carbonyl (C=O) groups excluding carboxylic acids is 1. The Bertz CT molecular complexity index is 797. The molecule has 0 spiro atoms. The van der Waals surface area contributed by atoms with Crippen molar-refractivity contribution in [1.82, 2.24) is 9.97 Å². The Morgan fingerprint density at radius 1 is 1.00 bits per heavy atom. The van der Waals surface area contributed by atoms with Gasteiger partial charge in [0.05, 0.1) is 6.61 Å². The van der Waals surface area contributed by atoms with Crippen molar-refractivity contribution in [2.75, 3.05) is 24.6 Å². The number of carbonyl (C=O) groups is 1. The molecule has 1 aromatic carbocycles. The van der Waals surface area contributed by atoms with Crippen molar-refractivity contribution in [3.63, 3.8) is 0 Å². The van der Waals surface area contributed by atoms with Gasteiger partial charge in [0, 0.05) is 31.4 Å². The summed E-state index contributed by atoms with van der Waals surface area (Å²) in [5, 5.41) is 0. The quantitative estimate of drug-likeness (QED) is 0.548. The lowest BCUT2D eigenvalue weighted by Crippen LogP contribution is -2.36. The van der Waals surface area contributed by atoms with Crippen LogP contribution < -0.4 is 9.64 Å². The monoisotopic (exact) mass is 443 g/mol. The number of hydrogen-bond acceptors (Lipinski definition) is 5. The average Bonchev–Trinajstić information content (AvgIpc) is 2.83. The van der Waals surface area contributed by atoms with Crippen LogP contribution in [0.5, 0.6) is 5.75 Å². The van der Waals surface area contributed by atoms with Gasteiger partial charge >= 0.3 is 0 Å². The minimum Gasteiger partial charge on any atom is -0.493 e. The lowest BCUT2D eigenvalue weighted by Gasteiger charge is -2.31. The van der Waals surface area contributed by atoms with Gasteiger partial charge in [-0.1, -0.05) is 19.1 Å². The van der Waals surface area contributed by atoms with Crippen molar-refractivity contribution in [2.45, 2.75) is 57.8 Å². The number of rotatable bonds is 7. The van der Waals surface area contributed by atoms with Gasteiger partial charge in [-0.25, -0.2) is 9.97 Å². The van der Waals surface area contributed by atoms with Crippen molar-refractivity contribution in [3.05, 3.63) is 47.8 Å². The Balaban J connectivity index is 0.00000272. The van der Waals surface area contributed by atoms with E-state index in [0.717, 1.165) is 82.6 Å². The highest BCUT2D eigenvalue weighted by atomic mass is 35.5. The van der Waals surface area contributed by atoms with Crippen molar-refractivity contribution in [3.8, 4) is 5.75 Å². The normalized spacial score (nSPS) is 21.9. The smallest absolute Gasteiger partial charge is 0.225 e. The number of aldehydes is 1. The van der Waals surface area contributed by atoms with E-state index in [-0.39, 0.29) is 18.3 Å². The van der Waals surface area contributed by atoms with Crippen molar-refractivity contribution in [2.24, 2.45) is 11.8 Å². The zero-order valence-electron chi connectivity index (χ0n) is 18.4. The van der Waals surface area contributed by atoms with Crippen LogP contribution in [-0.4, -0.2) is 36.0 Å². The van der Waals surface area contributed by atoms with Crippen LogP contribution in [0.1, 0.15) is 62.5 Å². The molecule has 2 aliphatic rings. The number of nitrogens with zero attached hydrogens (tertiary/aromatic N) is 3. The molecule has 0 bridgehead atoms. The number of piperidine rings is 1. The first kappa shape index (κ1) is 23.5. The fourth-order valence-electron chi connectivity index (χ4n) is 4.63. The molecule has 31 heavy (non-hydrogen) atoms. The summed E-state index contributed by atoms with van der Waals surface area (Å²) in [5.74, 6) is 3.26. The predicted molar refractivity (Wildman–Crippen MR) is 126 cm³/mol. The lowest BCUT2D eigenvalue weighted by atomic mass is 9.79. The van der Waals surface area contributed by atoms with Gasteiger partial charge in [-0.15, -0.1) is 12.4 Å². The molecule has 1 aromatic heterocycles. The number of aryl methyl sites for hydroxylation is 1. The highest BCUT2D eigenvalue weighted by Gasteiger charge is 2.23. The molecule has 4 rings (SSSR count). The average molecular weight is 444 g/mol. The molecule has 1 saturated carbocycles. The largest absolute Gasteiger partial charge is 0.493 e. The Morgan fingerprint density at radius 3 is 2.23 bits per heavy atom. The van der Waals surface area contributed by atoms with E-state index in [2.05, 4.69) is 46.1 Å². The third-order valence-electron chi connectivity index (χ3n) is 6.80. The highest BCUT2D eigenvalue weighted by molar-refractivity contribution is 5.85. The molecule has 0 atom stereocenters. The zero-order chi connectivity index (χ0) is 20.8. The Hall–Kier alpha value is -2.14. The maximum atomic E-state index is 10.9. The minimum absolute atomic E-state index is 0. The molecule has 0 amide bonds. The number of benzene rings is 1. The Labute approximate surface area is 192 Å². The number of halogens is 1. The van der Waals surface area contributed by atoms with E-state index in [4.69, 9.17) is 4.74 Å². The molecule has 2 aromatic rings. The minimum atomic E-state index is 0. The summed E-state index contributed by atoms with van der Waals surface area (Å²) in [6.45, 7) is 4.87. The molecular weight excluding hydrogens is 410 g/mol. The van der Waals surface area contributed by atoms with Crippen LogP contribution in [0.25, 0.3) is 0 Å². The number of hydrogen-bond donors (Lipinski definition) is 0. The van der Waals surface area contributed by atoms with E-state index in [0.29, 0.717) is 11.8 Å². The summed E-state index contributed by atoms with van der Waals surface area (Å²) in [5.41, 5.74) is 2.57. The van der Waals surface area contributed by atoms with Crippen LogP contribution in [-0.2, 0) is 11.2 Å². The summed E-state index contributed by atoms with van der Waals surface area (Å²) in [4.78, 5) is 22.2. The summed E-state index contributed by atoms with van der Waals surface area (Å²) in [7, 11) is 0. The second-order valence-corrected chi connectivity index (χ2v) is 8.80. The first-order valence-corrected chi connectivity index (χ1v) is 11.5. The van der Waals surface area contributed by atoms with Crippen LogP contribution in [0.3, 0.4) is 0 Å². The van der Waals surface area contributed by atoms with Crippen molar-refractivity contribution < 1.29 is 9.53 Å². The molecule has 2 heterocycles. The summed E-state index contributed by atoms with van der Waals surface area (Å²) >= 11 is 0. The third-order valence-corrected chi connectivity index (χ3v) is 6.80. The van der Waals surface area contributed by atoms with Crippen LogP contribution in [0.15, 0.2) is 36.7 Å². The first-order valence-electron chi connectivity index (χ1n) is 11.5. The summed E-state index contributed by atoms with van der Waals surface area (Å²) in [6.07, 6.45) is 12.5. The SMILES string of the molecule is CCc1cnc(N2CCC(COc3ccc(C4CCC(C=O)CC4)cc3)CC2)nc1.Cl. The molecule has 0 N–H and O–H groups in total. The van der Waals surface area contributed by atoms with E-state index in [1.54, 1.807) is 0 Å². The second kappa shape index (κ2) is 11.5. The molecular formula is C25H34ClN3O2.